The average Bonchev–Trinajstić information content (AvgIpc) is 2.63. The van der Waals surface area contributed by atoms with Crippen LogP contribution < -0.4 is 0 Å². The molecule has 0 aromatic rings. The highest BCUT2D eigenvalue weighted by Crippen LogP contribution is 2.29. The van der Waals surface area contributed by atoms with E-state index in [1.54, 1.807) is 0 Å². The fraction of sp³-hybridized carbons (Fsp3) is 0.571. The van der Waals surface area contributed by atoms with Crippen molar-refractivity contribution in [1.82, 2.24) is 0 Å². The lowest BCUT2D eigenvalue weighted by atomic mass is 10.3. The Bertz CT molecular complexity index is 158. The van der Waals surface area contributed by atoms with Gasteiger partial charge in [-0.1, -0.05) is 0 Å². The van der Waals surface area contributed by atoms with Crippen LogP contribution in [0.3, 0.4) is 0 Å². The largest absolute Gasteiger partial charge is 0.458 e. The maximum Gasteiger partial charge on any atom is 0.306 e. The normalized spacial score (nSPS) is 16.5. The number of hydrogen-bond acceptors (Lipinski definition) is 3. The molecule has 1 radical (unpaired) electrons. The summed E-state index contributed by atoms with van der Waals surface area (Å²) in [5.74, 6) is -0.439. The Morgan fingerprint density at radius 2 is 2.10 bits per heavy atom. The van der Waals surface area contributed by atoms with Gasteiger partial charge in [0.2, 0.25) is 0 Å². The molecule has 0 aromatic carbocycles. The van der Waals surface area contributed by atoms with Crippen LogP contribution in [-0.4, -0.2) is 18.4 Å². The molecule has 3 heteroatoms. The Kier molecular flexibility index (Phi) is 2.04. The molecular formula is C7H9O3. The van der Waals surface area contributed by atoms with E-state index in [0.29, 0.717) is 0 Å². The summed E-state index contributed by atoms with van der Waals surface area (Å²) in [7, 11) is 0. The molecule has 1 aliphatic carbocycles. The summed E-state index contributed by atoms with van der Waals surface area (Å²) in [4.78, 5) is 20.9. The second-order valence-corrected chi connectivity index (χ2v) is 2.40. The standard InChI is InChI=1S/C7H9O3/c1-5(8)10-4-7(9)6-2-3-6/h6H,1-4H2. The first-order valence-corrected chi connectivity index (χ1v) is 3.21. The molecule has 0 bridgehead atoms. The fourth-order valence-electron chi connectivity index (χ4n) is 0.675. The van der Waals surface area contributed by atoms with E-state index in [1.165, 1.54) is 0 Å². The van der Waals surface area contributed by atoms with E-state index in [1.807, 2.05) is 0 Å². The second kappa shape index (κ2) is 2.82. The lowest BCUT2D eigenvalue weighted by Gasteiger charge is -1.97. The van der Waals surface area contributed by atoms with Crippen molar-refractivity contribution in [2.45, 2.75) is 12.8 Å². The summed E-state index contributed by atoms with van der Waals surface area (Å²) >= 11 is 0. The molecule has 0 amide bonds. The van der Waals surface area contributed by atoms with Crippen LogP contribution in [0.15, 0.2) is 0 Å². The first kappa shape index (κ1) is 7.25. The molecule has 0 saturated heterocycles. The van der Waals surface area contributed by atoms with Gasteiger partial charge in [0.05, 0.1) is 6.92 Å². The van der Waals surface area contributed by atoms with Gasteiger partial charge < -0.3 is 4.74 Å². The average molecular weight is 141 g/mol. The van der Waals surface area contributed by atoms with Gasteiger partial charge in [0.1, 0.15) is 6.61 Å². The summed E-state index contributed by atoms with van der Waals surface area (Å²) < 4.78 is 4.41. The number of carbonyl (C=O) groups excluding carboxylic acids is 2. The lowest BCUT2D eigenvalue weighted by molar-refractivity contribution is -0.143. The van der Waals surface area contributed by atoms with Crippen molar-refractivity contribution in [2.75, 3.05) is 6.61 Å². The van der Waals surface area contributed by atoms with E-state index in [9.17, 15) is 9.59 Å². The zero-order valence-electron chi connectivity index (χ0n) is 5.63. The number of ether oxygens (including phenoxy) is 1. The van der Waals surface area contributed by atoms with Crippen molar-refractivity contribution in [2.24, 2.45) is 5.92 Å². The second-order valence-electron chi connectivity index (χ2n) is 2.40. The number of Topliss-reactive ketones (excluding diaryl/α,β-unsaturated/α-hetero) is 1. The lowest BCUT2D eigenvalue weighted by Crippen LogP contribution is -2.12. The zero-order valence-corrected chi connectivity index (χ0v) is 5.63. The summed E-state index contributed by atoms with van der Waals surface area (Å²) in [6, 6.07) is 0. The third kappa shape index (κ3) is 2.17. The van der Waals surface area contributed by atoms with Crippen molar-refractivity contribution >= 4 is 11.8 Å². The van der Waals surface area contributed by atoms with Gasteiger partial charge >= 0.3 is 5.97 Å². The van der Waals surface area contributed by atoms with E-state index in [2.05, 4.69) is 11.7 Å². The highest BCUT2D eigenvalue weighted by atomic mass is 16.5. The Morgan fingerprint density at radius 3 is 2.50 bits per heavy atom. The SMILES string of the molecule is [CH2]C(=O)OCC(=O)C1CC1. The molecule has 0 spiro atoms. The number of carbonyl (C=O) groups is 2. The van der Waals surface area contributed by atoms with Crippen LogP contribution in [0.2, 0.25) is 0 Å². The maximum atomic E-state index is 10.8. The quantitative estimate of drug-likeness (QED) is 0.532. The minimum Gasteiger partial charge on any atom is -0.458 e. The Labute approximate surface area is 59.4 Å². The first-order valence-electron chi connectivity index (χ1n) is 3.21. The molecule has 0 atom stereocenters. The van der Waals surface area contributed by atoms with Crippen molar-refractivity contribution in [3.05, 3.63) is 6.92 Å². The zero-order chi connectivity index (χ0) is 7.56. The first-order chi connectivity index (χ1) is 4.70. The molecule has 10 heavy (non-hydrogen) atoms. The summed E-state index contributed by atoms with van der Waals surface area (Å²) in [5.41, 5.74) is 0. The third-order valence-corrected chi connectivity index (χ3v) is 1.41. The molecule has 0 heterocycles. The van der Waals surface area contributed by atoms with Gasteiger partial charge in [0.25, 0.3) is 0 Å². The minimum absolute atomic E-state index is 0.0250. The molecule has 1 aliphatic rings. The molecule has 55 valence electrons. The van der Waals surface area contributed by atoms with Gasteiger partial charge in [-0.05, 0) is 12.8 Å². The van der Waals surface area contributed by atoms with Crippen molar-refractivity contribution in [3.63, 3.8) is 0 Å². The Hall–Kier alpha value is -0.860. The number of ketones is 1. The van der Waals surface area contributed by atoms with Crippen molar-refractivity contribution < 1.29 is 14.3 Å². The summed E-state index contributed by atoms with van der Waals surface area (Å²) in [5, 5.41) is 0. The molecule has 0 N–H and O–H groups in total. The van der Waals surface area contributed by atoms with Crippen LogP contribution in [-0.2, 0) is 14.3 Å². The molecule has 1 fully saturated rings. The minimum atomic E-state index is -0.631. The van der Waals surface area contributed by atoms with Crippen LogP contribution in [0.4, 0.5) is 0 Å². The summed E-state index contributed by atoms with van der Waals surface area (Å²) in [6.07, 6.45) is 1.90. The van der Waals surface area contributed by atoms with Crippen LogP contribution >= 0.6 is 0 Å². The Balaban J connectivity index is 2.12. The van der Waals surface area contributed by atoms with E-state index in [0.717, 1.165) is 12.8 Å². The van der Waals surface area contributed by atoms with Crippen LogP contribution in [0.25, 0.3) is 0 Å². The van der Waals surface area contributed by atoms with Gasteiger partial charge in [-0.3, -0.25) is 9.59 Å². The maximum absolute atomic E-state index is 10.8. The molecule has 0 aromatic heterocycles. The topological polar surface area (TPSA) is 43.4 Å². The van der Waals surface area contributed by atoms with Crippen LogP contribution in [0.1, 0.15) is 12.8 Å². The fourth-order valence-corrected chi connectivity index (χ4v) is 0.675. The molecular weight excluding hydrogens is 132 g/mol. The molecule has 3 nitrogen and oxygen atoms in total. The number of rotatable bonds is 3. The number of esters is 1. The Morgan fingerprint density at radius 1 is 1.50 bits per heavy atom. The highest BCUT2D eigenvalue weighted by molar-refractivity contribution is 5.86. The van der Waals surface area contributed by atoms with E-state index < -0.39 is 5.97 Å². The van der Waals surface area contributed by atoms with Gasteiger partial charge in [-0.2, -0.15) is 0 Å². The molecule has 0 unspecified atom stereocenters. The van der Waals surface area contributed by atoms with E-state index >= 15 is 0 Å². The third-order valence-electron chi connectivity index (χ3n) is 1.41. The molecule has 0 aliphatic heterocycles. The number of hydrogen-bond donors (Lipinski definition) is 0. The van der Waals surface area contributed by atoms with Crippen molar-refractivity contribution in [3.8, 4) is 0 Å². The van der Waals surface area contributed by atoms with E-state index in [4.69, 9.17) is 0 Å². The van der Waals surface area contributed by atoms with Gasteiger partial charge in [-0.25, -0.2) is 0 Å². The predicted octanol–water partition coefficient (Wildman–Crippen LogP) is 0.343. The predicted molar refractivity (Wildman–Crippen MR) is 34.0 cm³/mol. The van der Waals surface area contributed by atoms with Gasteiger partial charge in [-0.15, -0.1) is 0 Å². The van der Waals surface area contributed by atoms with Crippen molar-refractivity contribution in [1.29, 1.82) is 0 Å². The van der Waals surface area contributed by atoms with Gasteiger partial charge in [0, 0.05) is 5.92 Å². The summed E-state index contributed by atoms with van der Waals surface area (Å²) in [6.45, 7) is 2.89. The van der Waals surface area contributed by atoms with E-state index in [-0.39, 0.29) is 18.3 Å². The van der Waals surface area contributed by atoms with Gasteiger partial charge in [0.15, 0.2) is 5.78 Å². The van der Waals surface area contributed by atoms with Crippen LogP contribution in [0, 0.1) is 12.8 Å². The molecule has 1 rings (SSSR count). The highest BCUT2D eigenvalue weighted by Gasteiger charge is 2.29. The monoisotopic (exact) mass is 141 g/mol. The van der Waals surface area contributed by atoms with Crippen LogP contribution in [0.5, 0.6) is 0 Å². The smallest absolute Gasteiger partial charge is 0.306 e. The molecule has 1 saturated carbocycles.